The highest BCUT2D eigenvalue weighted by Gasteiger charge is 2.54. The van der Waals surface area contributed by atoms with Crippen molar-refractivity contribution in [1.82, 2.24) is 10.2 Å². The SMILES string of the molecule is C[C@@H]1CCCC[C@]12NC(=O)N(Cc1cccc(C#N)c1)C2=O. The molecule has 114 valence electrons. The summed E-state index contributed by atoms with van der Waals surface area (Å²) >= 11 is 0. The summed E-state index contributed by atoms with van der Waals surface area (Å²) < 4.78 is 0. The number of urea groups is 1. The number of hydrogen-bond acceptors (Lipinski definition) is 3. The minimum Gasteiger partial charge on any atom is -0.323 e. The van der Waals surface area contributed by atoms with E-state index in [4.69, 9.17) is 5.26 Å². The molecular weight excluding hydrogens is 278 g/mol. The molecule has 22 heavy (non-hydrogen) atoms. The van der Waals surface area contributed by atoms with Crippen LogP contribution in [0, 0.1) is 17.2 Å². The third-order valence-electron chi connectivity index (χ3n) is 4.90. The Morgan fingerprint density at radius 2 is 2.23 bits per heavy atom. The van der Waals surface area contributed by atoms with E-state index < -0.39 is 5.54 Å². The fraction of sp³-hybridized carbons (Fsp3) is 0.471. The van der Waals surface area contributed by atoms with E-state index in [1.807, 2.05) is 13.0 Å². The van der Waals surface area contributed by atoms with Gasteiger partial charge in [0.15, 0.2) is 0 Å². The van der Waals surface area contributed by atoms with E-state index in [0.717, 1.165) is 24.8 Å². The van der Waals surface area contributed by atoms with Crippen LogP contribution in [0.1, 0.15) is 43.7 Å². The largest absolute Gasteiger partial charge is 0.325 e. The molecular formula is C17H19N3O2. The molecule has 1 spiro atoms. The van der Waals surface area contributed by atoms with Crippen LogP contribution in [0.15, 0.2) is 24.3 Å². The summed E-state index contributed by atoms with van der Waals surface area (Å²) in [5.41, 5.74) is 0.607. The Balaban J connectivity index is 1.84. The van der Waals surface area contributed by atoms with Crippen LogP contribution in [-0.2, 0) is 11.3 Å². The average molecular weight is 297 g/mol. The number of benzene rings is 1. The van der Waals surface area contributed by atoms with Gasteiger partial charge in [-0.15, -0.1) is 0 Å². The second-order valence-electron chi connectivity index (χ2n) is 6.25. The minimum atomic E-state index is -0.720. The number of imide groups is 1. The van der Waals surface area contributed by atoms with Gasteiger partial charge < -0.3 is 5.32 Å². The van der Waals surface area contributed by atoms with Crippen molar-refractivity contribution in [2.45, 2.75) is 44.7 Å². The summed E-state index contributed by atoms with van der Waals surface area (Å²) in [4.78, 5) is 26.4. The van der Waals surface area contributed by atoms with Crippen LogP contribution in [0.5, 0.6) is 0 Å². The lowest BCUT2D eigenvalue weighted by molar-refractivity contribution is -0.134. The van der Waals surface area contributed by atoms with Crippen LogP contribution in [-0.4, -0.2) is 22.4 Å². The molecule has 1 saturated heterocycles. The van der Waals surface area contributed by atoms with Crippen molar-refractivity contribution in [1.29, 1.82) is 5.26 Å². The Morgan fingerprint density at radius 3 is 2.95 bits per heavy atom. The number of amides is 3. The molecule has 5 heteroatoms. The van der Waals surface area contributed by atoms with Gasteiger partial charge in [-0.1, -0.05) is 31.9 Å². The highest BCUT2D eigenvalue weighted by Crippen LogP contribution is 2.38. The van der Waals surface area contributed by atoms with Crippen molar-refractivity contribution in [2.24, 2.45) is 5.92 Å². The lowest BCUT2D eigenvalue weighted by Crippen LogP contribution is -2.53. The van der Waals surface area contributed by atoms with E-state index in [2.05, 4.69) is 11.4 Å². The normalized spacial score (nSPS) is 27.8. The van der Waals surface area contributed by atoms with Gasteiger partial charge in [-0.3, -0.25) is 9.69 Å². The van der Waals surface area contributed by atoms with Gasteiger partial charge >= 0.3 is 6.03 Å². The van der Waals surface area contributed by atoms with E-state index in [9.17, 15) is 9.59 Å². The third-order valence-corrected chi connectivity index (χ3v) is 4.90. The number of rotatable bonds is 2. The van der Waals surface area contributed by atoms with E-state index in [1.165, 1.54) is 4.90 Å². The lowest BCUT2D eigenvalue weighted by Gasteiger charge is -2.36. The predicted molar refractivity (Wildman–Crippen MR) is 80.6 cm³/mol. The summed E-state index contributed by atoms with van der Waals surface area (Å²) in [5, 5.41) is 11.9. The van der Waals surface area contributed by atoms with Gasteiger partial charge in [-0.05, 0) is 36.5 Å². The molecule has 1 heterocycles. The summed E-state index contributed by atoms with van der Waals surface area (Å²) in [6, 6.07) is 8.78. The predicted octanol–water partition coefficient (Wildman–Crippen LogP) is 2.56. The molecule has 0 radical (unpaired) electrons. The Morgan fingerprint density at radius 1 is 1.41 bits per heavy atom. The maximum absolute atomic E-state index is 12.8. The molecule has 0 unspecified atom stereocenters. The number of carbonyl (C=O) groups excluding carboxylic acids is 2. The molecule has 3 rings (SSSR count). The smallest absolute Gasteiger partial charge is 0.323 e. The van der Waals surface area contributed by atoms with Gasteiger partial charge in [-0.25, -0.2) is 4.79 Å². The standard InChI is InChI=1S/C17H19N3O2/c1-12-5-2-3-8-17(12)15(21)20(16(22)19-17)11-14-7-4-6-13(9-14)10-18/h4,6-7,9,12H,2-3,5,8,11H2,1H3,(H,19,22)/t12-,17+/m1/s1. The first-order valence-corrected chi connectivity index (χ1v) is 7.70. The molecule has 1 aliphatic heterocycles. The number of nitrogens with zero attached hydrogens (tertiary/aromatic N) is 2. The molecule has 1 aromatic rings. The van der Waals surface area contributed by atoms with Crippen molar-refractivity contribution in [2.75, 3.05) is 0 Å². The van der Waals surface area contributed by atoms with Gasteiger partial charge in [0.1, 0.15) is 5.54 Å². The number of nitriles is 1. The van der Waals surface area contributed by atoms with E-state index >= 15 is 0 Å². The minimum absolute atomic E-state index is 0.118. The molecule has 2 aliphatic rings. The van der Waals surface area contributed by atoms with Gasteiger partial charge in [0.2, 0.25) is 0 Å². The molecule has 1 saturated carbocycles. The number of hydrogen-bond donors (Lipinski definition) is 1. The van der Waals surface area contributed by atoms with Crippen molar-refractivity contribution >= 4 is 11.9 Å². The zero-order chi connectivity index (χ0) is 15.7. The van der Waals surface area contributed by atoms with E-state index in [0.29, 0.717) is 12.0 Å². The molecule has 1 N–H and O–H groups in total. The van der Waals surface area contributed by atoms with Crippen LogP contribution >= 0.6 is 0 Å². The van der Waals surface area contributed by atoms with Crippen LogP contribution in [0.3, 0.4) is 0 Å². The highest BCUT2D eigenvalue weighted by molar-refractivity contribution is 6.07. The fourth-order valence-corrected chi connectivity index (χ4v) is 3.56. The van der Waals surface area contributed by atoms with Gasteiger partial charge in [0, 0.05) is 0 Å². The van der Waals surface area contributed by atoms with Crippen LogP contribution < -0.4 is 5.32 Å². The zero-order valence-corrected chi connectivity index (χ0v) is 12.6. The van der Waals surface area contributed by atoms with Crippen molar-refractivity contribution in [3.63, 3.8) is 0 Å². The number of carbonyl (C=O) groups is 2. The molecule has 3 amide bonds. The summed E-state index contributed by atoms with van der Waals surface area (Å²) in [7, 11) is 0. The lowest BCUT2D eigenvalue weighted by atomic mass is 9.73. The van der Waals surface area contributed by atoms with E-state index in [-0.39, 0.29) is 24.4 Å². The highest BCUT2D eigenvalue weighted by atomic mass is 16.2. The summed E-state index contributed by atoms with van der Waals surface area (Å²) in [6.07, 6.45) is 3.75. The average Bonchev–Trinajstić information content (AvgIpc) is 2.76. The maximum Gasteiger partial charge on any atom is 0.325 e. The monoisotopic (exact) mass is 297 g/mol. The van der Waals surface area contributed by atoms with E-state index in [1.54, 1.807) is 18.2 Å². The molecule has 5 nitrogen and oxygen atoms in total. The van der Waals surface area contributed by atoms with Gasteiger partial charge in [-0.2, -0.15) is 5.26 Å². The third kappa shape index (κ3) is 2.25. The second-order valence-corrected chi connectivity index (χ2v) is 6.25. The Hall–Kier alpha value is -2.35. The second kappa shape index (κ2) is 5.45. The maximum atomic E-state index is 12.8. The van der Waals surface area contributed by atoms with Gasteiger partial charge in [0.25, 0.3) is 5.91 Å². The first-order valence-electron chi connectivity index (χ1n) is 7.70. The first kappa shape index (κ1) is 14.6. The fourth-order valence-electron chi connectivity index (χ4n) is 3.56. The Kier molecular flexibility index (Phi) is 3.61. The van der Waals surface area contributed by atoms with Crippen molar-refractivity contribution in [3.8, 4) is 6.07 Å². The summed E-state index contributed by atoms with van der Waals surface area (Å²) in [5.74, 6) is 0.0419. The molecule has 1 aliphatic carbocycles. The molecule has 1 aromatic carbocycles. The zero-order valence-electron chi connectivity index (χ0n) is 12.6. The summed E-state index contributed by atoms with van der Waals surface area (Å²) in [6.45, 7) is 2.26. The molecule has 2 fully saturated rings. The van der Waals surface area contributed by atoms with Crippen LogP contribution in [0.2, 0.25) is 0 Å². The van der Waals surface area contributed by atoms with Crippen molar-refractivity contribution < 1.29 is 9.59 Å². The van der Waals surface area contributed by atoms with Gasteiger partial charge in [0.05, 0.1) is 18.2 Å². The van der Waals surface area contributed by atoms with Crippen LogP contribution in [0.25, 0.3) is 0 Å². The molecule has 0 bridgehead atoms. The Labute approximate surface area is 129 Å². The Bertz CT molecular complexity index is 664. The topological polar surface area (TPSA) is 73.2 Å². The molecule has 0 aromatic heterocycles. The molecule has 2 atom stereocenters. The van der Waals surface area contributed by atoms with Crippen molar-refractivity contribution in [3.05, 3.63) is 35.4 Å². The number of nitrogens with one attached hydrogen (secondary N) is 1. The van der Waals surface area contributed by atoms with Crippen LogP contribution in [0.4, 0.5) is 4.79 Å². The first-order chi connectivity index (χ1) is 10.6. The quantitative estimate of drug-likeness (QED) is 0.853.